The molecule has 1 saturated carbocycles. The molecule has 0 N–H and O–H groups in total. The molecule has 0 atom stereocenters. The van der Waals surface area contributed by atoms with Crippen molar-refractivity contribution in [2.75, 3.05) is 13.1 Å². The first-order valence-electron chi connectivity index (χ1n) is 10.9. The van der Waals surface area contributed by atoms with Crippen LogP contribution in [-0.4, -0.2) is 28.9 Å². The molecule has 0 spiro atoms. The van der Waals surface area contributed by atoms with E-state index in [2.05, 4.69) is 23.1 Å². The second-order valence-corrected chi connectivity index (χ2v) is 9.03. The summed E-state index contributed by atoms with van der Waals surface area (Å²) in [5.74, 6) is 0.658. The molecule has 1 aromatic heterocycles. The van der Waals surface area contributed by atoms with Crippen molar-refractivity contribution >= 4 is 23.1 Å². The predicted molar refractivity (Wildman–Crippen MR) is 117 cm³/mol. The maximum Gasteiger partial charge on any atom is 0.225 e. The summed E-state index contributed by atoms with van der Waals surface area (Å²) in [6, 6.07) is 10.5. The Morgan fingerprint density at radius 3 is 2.55 bits per heavy atom. The zero-order valence-electron chi connectivity index (χ0n) is 16.8. The number of pyridine rings is 1. The van der Waals surface area contributed by atoms with E-state index in [0.717, 1.165) is 62.3 Å². The molecule has 1 aliphatic heterocycles. The molecule has 1 saturated heterocycles. The number of hydrogen-bond donors (Lipinski definition) is 0. The summed E-state index contributed by atoms with van der Waals surface area (Å²) in [4.78, 5) is 19.8. The summed E-state index contributed by atoms with van der Waals surface area (Å²) in [7, 11) is 0. The van der Waals surface area contributed by atoms with E-state index in [1.54, 1.807) is 0 Å². The molecular formula is C25H27ClN2O. The summed E-state index contributed by atoms with van der Waals surface area (Å²) in [6.45, 7) is 1.67. The van der Waals surface area contributed by atoms with Crippen LogP contribution in [-0.2, 0) is 17.6 Å². The molecule has 2 aliphatic carbocycles. The predicted octanol–water partition coefficient (Wildman–Crippen LogP) is 5.45. The SMILES string of the molecule is O=C(C1CCCC1)N1CCC(=C2c3ccc(Cl)cc3CCc3cccnc32)CC1. The molecule has 29 heavy (non-hydrogen) atoms. The van der Waals surface area contributed by atoms with Crippen LogP contribution in [0.4, 0.5) is 0 Å². The molecule has 2 heterocycles. The van der Waals surface area contributed by atoms with Crippen LogP contribution in [0.25, 0.3) is 5.57 Å². The standard InChI is InChI=1S/C25H27ClN2O/c26-21-9-10-22-20(16-21)8-7-18-6-3-13-27-24(18)23(22)17-11-14-28(15-12-17)25(29)19-4-1-2-5-19/h3,6,9-10,13,16,19H,1-2,4-5,7-8,11-12,14-15H2. The molecule has 1 amide bonds. The minimum absolute atomic E-state index is 0.271. The van der Waals surface area contributed by atoms with E-state index in [-0.39, 0.29) is 5.92 Å². The zero-order valence-corrected chi connectivity index (χ0v) is 17.5. The number of nitrogens with zero attached hydrogens (tertiary/aromatic N) is 2. The molecular weight excluding hydrogens is 380 g/mol. The summed E-state index contributed by atoms with van der Waals surface area (Å²) in [5, 5.41) is 0.795. The van der Waals surface area contributed by atoms with Crippen molar-refractivity contribution in [2.45, 2.75) is 51.4 Å². The monoisotopic (exact) mass is 406 g/mol. The van der Waals surface area contributed by atoms with Gasteiger partial charge in [0, 0.05) is 35.8 Å². The van der Waals surface area contributed by atoms with Gasteiger partial charge in [0.1, 0.15) is 0 Å². The minimum atomic E-state index is 0.271. The van der Waals surface area contributed by atoms with Gasteiger partial charge in [-0.15, -0.1) is 0 Å². The van der Waals surface area contributed by atoms with Crippen LogP contribution in [0, 0.1) is 5.92 Å². The van der Waals surface area contributed by atoms with Gasteiger partial charge in [0.05, 0.1) is 5.69 Å². The summed E-state index contributed by atoms with van der Waals surface area (Å²) < 4.78 is 0. The van der Waals surface area contributed by atoms with Crippen LogP contribution in [0.5, 0.6) is 0 Å². The van der Waals surface area contributed by atoms with Crippen molar-refractivity contribution in [1.82, 2.24) is 9.88 Å². The van der Waals surface area contributed by atoms with Crippen LogP contribution in [0.2, 0.25) is 5.02 Å². The number of aromatic nitrogens is 1. The Labute approximate surface area is 177 Å². The van der Waals surface area contributed by atoms with Gasteiger partial charge in [0.25, 0.3) is 0 Å². The average Bonchev–Trinajstić information content (AvgIpc) is 3.24. The highest BCUT2D eigenvalue weighted by molar-refractivity contribution is 6.30. The highest BCUT2D eigenvalue weighted by Gasteiger charge is 2.30. The van der Waals surface area contributed by atoms with Gasteiger partial charge in [0.15, 0.2) is 0 Å². The molecule has 0 unspecified atom stereocenters. The molecule has 3 aliphatic rings. The maximum absolute atomic E-state index is 12.9. The number of amides is 1. The quantitative estimate of drug-likeness (QED) is 0.631. The smallest absolute Gasteiger partial charge is 0.225 e. The van der Waals surface area contributed by atoms with Crippen molar-refractivity contribution in [3.05, 3.63) is 69.5 Å². The van der Waals surface area contributed by atoms with Crippen molar-refractivity contribution < 1.29 is 4.79 Å². The van der Waals surface area contributed by atoms with Gasteiger partial charge in [-0.2, -0.15) is 0 Å². The molecule has 0 bridgehead atoms. The average molecular weight is 407 g/mol. The topological polar surface area (TPSA) is 33.2 Å². The Kier molecular flexibility index (Phi) is 5.17. The number of halogens is 1. The summed E-state index contributed by atoms with van der Waals surface area (Å²) in [5.41, 5.74) is 7.74. The van der Waals surface area contributed by atoms with Crippen LogP contribution < -0.4 is 0 Å². The first-order valence-corrected chi connectivity index (χ1v) is 11.3. The third-order valence-corrected chi connectivity index (χ3v) is 7.10. The lowest BCUT2D eigenvalue weighted by Crippen LogP contribution is -2.39. The first-order chi connectivity index (χ1) is 14.2. The van der Waals surface area contributed by atoms with E-state index < -0.39 is 0 Å². The lowest BCUT2D eigenvalue weighted by molar-refractivity contribution is -0.135. The molecule has 3 nitrogen and oxygen atoms in total. The van der Waals surface area contributed by atoms with Gasteiger partial charge in [0.2, 0.25) is 5.91 Å². The van der Waals surface area contributed by atoms with Gasteiger partial charge in [-0.1, -0.05) is 42.1 Å². The Morgan fingerprint density at radius 1 is 1.00 bits per heavy atom. The van der Waals surface area contributed by atoms with Crippen molar-refractivity contribution in [1.29, 1.82) is 0 Å². The zero-order chi connectivity index (χ0) is 19.8. The number of fused-ring (bicyclic) bond motifs is 2. The van der Waals surface area contributed by atoms with Gasteiger partial charge < -0.3 is 4.90 Å². The molecule has 2 fully saturated rings. The number of piperidine rings is 1. The van der Waals surface area contributed by atoms with Gasteiger partial charge >= 0.3 is 0 Å². The minimum Gasteiger partial charge on any atom is -0.342 e. The van der Waals surface area contributed by atoms with Gasteiger partial charge in [-0.3, -0.25) is 9.78 Å². The van der Waals surface area contributed by atoms with Crippen molar-refractivity contribution in [3.63, 3.8) is 0 Å². The fourth-order valence-corrected chi connectivity index (χ4v) is 5.51. The Balaban J connectivity index is 1.50. The number of carbonyl (C=O) groups excluding carboxylic acids is 1. The third-order valence-electron chi connectivity index (χ3n) is 6.87. The molecule has 5 rings (SSSR count). The van der Waals surface area contributed by atoms with E-state index in [9.17, 15) is 4.79 Å². The molecule has 4 heteroatoms. The molecule has 2 aromatic rings. The molecule has 0 radical (unpaired) electrons. The van der Waals surface area contributed by atoms with E-state index in [1.807, 2.05) is 18.3 Å². The number of hydrogen-bond acceptors (Lipinski definition) is 2. The highest BCUT2D eigenvalue weighted by Crippen LogP contribution is 2.39. The highest BCUT2D eigenvalue weighted by atomic mass is 35.5. The maximum atomic E-state index is 12.9. The molecule has 1 aromatic carbocycles. The van der Waals surface area contributed by atoms with Crippen LogP contribution in [0.3, 0.4) is 0 Å². The van der Waals surface area contributed by atoms with Crippen molar-refractivity contribution in [3.8, 4) is 0 Å². The lowest BCUT2D eigenvalue weighted by atomic mass is 9.88. The number of carbonyl (C=O) groups is 1. The fraction of sp³-hybridized carbons (Fsp3) is 0.440. The van der Waals surface area contributed by atoms with Gasteiger partial charge in [-0.25, -0.2) is 0 Å². The Morgan fingerprint density at radius 2 is 1.76 bits per heavy atom. The number of benzene rings is 1. The fourth-order valence-electron chi connectivity index (χ4n) is 5.31. The second kappa shape index (κ2) is 7.95. The summed E-state index contributed by atoms with van der Waals surface area (Å²) in [6.07, 6.45) is 10.3. The normalized spacial score (nSPS) is 19.7. The second-order valence-electron chi connectivity index (χ2n) is 8.60. The van der Waals surface area contributed by atoms with Gasteiger partial charge in [-0.05, 0) is 73.4 Å². The van der Waals surface area contributed by atoms with E-state index in [1.165, 1.54) is 40.7 Å². The molecule has 150 valence electrons. The van der Waals surface area contributed by atoms with Crippen molar-refractivity contribution in [2.24, 2.45) is 5.92 Å². The van der Waals surface area contributed by atoms with E-state index in [0.29, 0.717) is 5.91 Å². The number of aryl methyl sites for hydroxylation is 2. The van der Waals surface area contributed by atoms with Crippen LogP contribution in [0.1, 0.15) is 60.9 Å². The Bertz CT molecular complexity index is 965. The third kappa shape index (κ3) is 3.61. The van der Waals surface area contributed by atoms with Crippen LogP contribution in [0.15, 0.2) is 42.1 Å². The Hall–Kier alpha value is -2.13. The number of likely N-dealkylation sites (tertiary alicyclic amines) is 1. The van der Waals surface area contributed by atoms with E-state index in [4.69, 9.17) is 16.6 Å². The van der Waals surface area contributed by atoms with E-state index >= 15 is 0 Å². The van der Waals surface area contributed by atoms with Crippen LogP contribution >= 0.6 is 11.6 Å². The largest absolute Gasteiger partial charge is 0.342 e. The lowest BCUT2D eigenvalue weighted by Gasteiger charge is -2.32. The summed E-state index contributed by atoms with van der Waals surface area (Å²) >= 11 is 6.32. The first kappa shape index (κ1) is 18.9. The number of rotatable bonds is 1.